The van der Waals surface area contributed by atoms with E-state index in [1.54, 1.807) is 12.1 Å². The first-order valence-electron chi connectivity index (χ1n) is 6.02. The van der Waals surface area contributed by atoms with Crippen LogP contribution in [0.5, 0.6) is 0 Å². The number of aliphatic hydroxyl groups is 1. The third-order valence-corrected chi connectivity index (χ3v) is 3.62. The molecule has 0 aliphatic heterocycles. The molecule has 0 bridgehead atoms. The van der Waals surface area contributed by atoms with E-state index in [1.807, 2.05) is 0 Å². The molecule has 1 aromatic carbocycles. The maximum absolute atomic E-state index is 12.9. The highest BCUT2D eigenvalue weighted by Crippen LogP contribution is 2.25. The summed E-state index contributed by atoms with van der Waals surface area (Å²) in [4.78, 5) is 0. The van der Waals surface area contributed by atoms with Crippen LogP contribution in [0.25, 0.3) is 0 Å². The standard InChI is InChI=1S/C13H17ClFNO/c14-12-7-10(3-6-13(12)15)16-8-9-1-4-11(17)5-2-9/h3,6-7,9,11,16-17H,1-2,4-5,8H2. The molecule has 17 heavy (non-hydrogen) atoms. The molecule has 4 heteroatoms. The minimum atomic E-state index is -0.391. The van der Waals surface area contributed by atoms with Crippen LogP contribution in [0.4, 0.5) is 10.1 Å². The van der Waals surface area contributed by atoms with Crippen molar-refractivity contribution in [3.05, 3.63) is 29.0 Å². The molecule has 94 valence electrons. The maximum atomic E-state index is 12.9. The molecule has 0 radical (unpaired) electrons. The Morgan fingerprint density at radius 3 is 2.65 bits per heavy atom. The first-order valence-corrected chi connectivity index (χ1v) is 6.40. The van der Waals surface area contributed by atoms with Crippen molar-refractivity contribution in [2.75, 3.05) is 11.9 Å². The molecule has 2 rings (SSSR count). The zero-order valence-corrected chi connectivity index (χ0v) is 10.4. The van der Waals surface area contributed by atoms with Crippen LogP contribution in [-0.4, -0.2) is 17.8 Å². The molecule has 0 amide bonds. The topological polar surface area (TPSA) is 32.3 Å². The van der Waals surface area contributed by atoms with E-state index in [9.17, 15) is 9.50 Å². The Morgan fingerprint density at radius 2 is 2.00 bits per heavy atom. The number of halogens is 2. The van der Waals surface area contributed by atoms with Gasteiger partial charge in [-0.2, -0.15) is 0 Å². The normalized spacial score (nSPS) is 24.6. The van der Waals surface area contributed by atoms with Gasteiger partial charge in [-0.1, -0.05) is 11.6 Å². The third kappa shape index (κ3) is 3.58. The molecule has 1 aliphatic carbocycles. The van der Waals surface area contributed by atoms with Gasteiger partial charge < -0.3 is 10.4 Å². The summed E-state index contributed by atoms with van der Waals surface area (Å²) in [6, 6.07) is 4.67. The summed E-state index contributed by atoms with van der Waals surface area (Å²) in [6.45, 7) is 0.856. The lowest BCUT2D eigenvalue weighted by atomic mass is 9.87. The number of hydrogen-bond donors (Lipinski definition) is 2. The van der Waals surface area contributed by atoms with Gasteiger partial charge in [0.25, 0.3) is 0 Å². The van der Waals surface area contributed by atoms with E-state index in [-0.39, 0.29) is 11.1 Å². The fraction of sp³-hybridized carbons (Fsp3) is 0.538. The SMILES string of the molecule is OC1CCC(CNc2ccc(F)c(Cl)c2)CC1. The van der Waals surface area contributed by atoms with Crippen molar-refractivity contribution in [2.24, 2.45) is 5.92 Å². The van der Waals surface area contributed by atoms with Gasteiger partial charge in [0.05, 0.1) is 11.1 Å². The second-order valence-corrected chi connectivity index (χ2v) is 5.09. The Morgan fingerprint density at radius 1 is 1.29 bits per heavy atom. The highest BCUT2D eigenvalue weighted by atomic mass is 35.5. The molecule has 0 spiro atoms. The molecule has 1 aromatic rings. The molecule has 0 aromatic heterocycles. The summed E-state index contributed by atoms with van der Waals surface area (Å²) in [5.74, 6) is 0.195. The summed E-state index contributed by atoms with van der Waals surface area (Å²) in [7, 11) is 0. The molecule has 0 saturated heterocycles. The number of rotatable bonds is 3. The quantitative estimate of drug-likeness (QED) is 0.869. The predicted octanol–water partition coefficient (Wildman–Crippen LogP) is 3.44. The summed E-state index contributed by atoms with van der Waals surface area (Å²) >= 11 is 5.71. The fourth-order valence-corrected chi connectivity index (χ4v) is 2.40. The van der Waals surface area contributed by atoms with Gasteiger partial charge in [0, 0.05) is 12.2 Å². The van der Waals surface area contributed by atoms with Gasteiger partial charge in [-0.15, -0.1) is 0 Å². The second-order valence-electron chi connectivity index (χ2n) is 4.68. The van der Waals surface area contributed by atoms with Crippen LogP contribution in [0, 0.1) is 11.7 Å². The van der Waals surface area contributed by atoms with E-state index in [0.29, 0.717) is 5.92 Å². The average Bonchev–Trinajstić information content (AvgIpc) is 2.33. The fourth-order valence-electron chi connectivity index (χ4n) is 2.22. The molecule has 0 atom stereocenters. The van der Waals surface area contributed by atoms with E-state index in [2.05, 4.69) is 5.32 Å². The molecule has 2 nitrogen and oxygen atoms in total. The van der Waals surface area contributed by atoms with Crippen molar-refractivity contribution < 1.29 is 9.50 Å². The van der Waals surface area contributed by atoms with Gasteiger partial charge in [-0.3, -0.25) is 0 Å². The van der Waals surface area contributed by atoms with Gasteiger partial charge in [0.15, 0.2) is 0 Å². The van der Waals surface area contributed by atoms with Crippen molar-refractivity contribution in [3.63, 3.8) is 0 Å². The van der Waals surface area contributed by atoms with Crippen molar-refractivity contribution in [3.8, 4) is 0 Å². The van der Waals surface area contributed by atoms with E-state index >= 15 is 0 Å². The number of anilines is 1. The summed E-state index contributed by atoms with van der Waals surface area (Å²) in [5.41, 5.74) is 0.850. The molecule has 1 fully saturated rings. The molecule has 1 saturated carbocycles. The highest BCUT2D eigenvalue weighted by molar-refractivity contribution is 6.31. The largest absolute Gasteiger partial charge is 0.393 e. The van der Waals surface area contributed by atoms with Crippen LogP contribution in [0.2, 0.25) is 5.02 Å². The van der Waals surface area contributed by atoms with E-state index in [0.717, 1.165) is 37.9 Å². The number of nitrogens with one attached hydrogen (secondary N) is 1. The molecule has 0 heterocycles. The maximum Gasteiger partial charge on any atom is 0.141 e. The Balaban J connectivity index is 1.83. The zero-order valence-electron chi connectivity index (χ0n) is 9.63. The second kappa shape index (κ2) is 5.69. The summed E-state index contributed by atoms with van der Waals surface area (Å²) in [6.07, 6.45) is 3.74. The number of benzene rings is 1. The average molecular weight is 258 g/mol. The molecule has 2 N–H and O–H groups in total. The van der Waals surface area contributed by atoms with Crippen LogP contribution in [0.3, 0.4) is 0 Å². The first-order chi connectivity index (χ1) is 8.15. The lowest BCUT2D eigenvalue weighted by Crippen LogP contribution is -2.23. The van der Waals surface area contributed by atoms with Crippen molar-refractivity contribution in [1.82, 2.24) is 0 Å². The highest BCUT2D eigenvalue weighted by Gasteiger charge is 2.18. The molecule has 1 aliphatic rings. The molecule has 0 unspecified atom stereocenters. The first kappa shape index (κ1) is 12.7. The van der Waals surface area contributed by atoms with Crippen molar-refractivity contribution in [2.45, 2.75) is 31.8 Å². The van der Waals surface area contributed by atoms with Crippen LogP contribution in [0.15, 0.2) is 18.2 Å². The van der Waals surface area contributed by atoms with Crippen LogP contribution in [0.1, 0.15) is 25.7 Å². The number of aliphatic hydroxyl groups excluding tert-OH is 1. The Kier molecular flexibility index (Phi) is 4.24. The van der Waals surface area contributed by atoms with Crippen LogP contribution < -0.4 is 5.32 Å². The molecular weight excluding hydrogens is 241 g/mol. The zero-order chi connectivity index (χ0) is 12.3. The van der Waals surface area contributed by atoms with E-state index in [4.69, 9.17) is 11.6 Å². The van der Waals surface area contributed by atoms with Crippen LogP contribution in [-0.2, 0) is 0 Å². The smallest absolute Gasteiger partial charge is 0.141 e. The third-order valence-electron chi connectivity index (χ3n) is 3.33. The van der Waals surface area contributed by atoms with Gasteiger partial charge in [0.2, 0.25) is 0 Å². The lowest BCUT2D eigenvalue weighted by molar-refractivity contribution is 0.111. The Hall–Kier alpha value is -0.800. The summed E-state index contributed by atoms with van der Waals surface area (Å²) in [5, 5.41) is 12.8. The number of hydrogen-bond acceptors (Lipinski definition) is 2. The minimum absolute atomic E-state index is 0.119. The van der Waals surface area contributed by atoms with Gasteiger partial charge in [-0.05, 0) is 49.8 Å². The molecular formula is C13H17ClFNO. The van der Waals surface area contributed by atoms with Gasteiger partial charge in [0.1, 0.15) is 5.82 Å². The Labute approximate surface area is 106 Å². The Bertz CT molecular complexity index is 378. The lowest BCUT2D eigenvalue weighted by Gasteiger charge is -2.25. The van der Waals surface area contributed by atoms with Crippen LogP contribution >= 0.6 is 11.6 Å². The van der Waals surface area contributed by atoms with E-state index < -0.39 is 5.82 Å². The predicted molar refractivity (Wildman–Crippen MR) is 67.9 cm³/mol. The summed E-state index contributed by atoms with van der Waals surface area (Å²) < 4.78 is 12.9. The minimum Gasteiger partial charge on any atom is -0.393 e. The van der Waals surface area contributed by atoms with E-state index in [1.165, 1.54) is 6.07 Å². The van der Waals surface area contributed by atoms with Gasteiger partial charge >= 0.3 is 0 Å². The van der Waals surface area contributed by atoms with Crippen molar-refractivity contribution >= 4 is 17.3 Å². The monoisotopic (exact) mass is 257 g/mol. The van der Waals surface area contributed by atoms with Gasteiger partial charge in [-0.25, -0.2) is 4.39 Å². The van der Waals surface area contributed by atoms with Crippen molar-refractivity contribution in [1.29, 1.82) is 0 Å².